The zero-order chi connectivity index (χ0) is 11.2. The minimum Gasteiger partial charge on any atom is -0.379 e. The Morgan fingerprint density at radius 3 is 3.06 bits per heavy atom. The molecule has 88 valence electrons. The third-order valence-corrected chi connectivity index (χ3v) is 3.66. The van der Waals surface area contributed by atoms with Gasteiger partial charge in [-0.2, -0.15) is 0 Å². The van der Waals surface area contributed by atoms with E-state index in [4.69, 9.17) is 4.74 Å². The molecule has 1 atom stereocenters. The molecule has 0 bridgehead atoms. The van der Waals surface area contributed by atoms with Crippen molar-refractivity contribution in [2.75, 3.05) is 24.3 Å². The number of hydrogen-bond donors (Lipinski definition) is 1. The first-order valence-corrected chi connectivity index (χ1v) is 6.95. The molecule has 2 nitrogen and oxygen atoms in total. The molecule has 1 fully saturated rings. The fourth-order valence-corrected chi connectivity index (χ4v) is 2.71. The van der Waals surface area contributed by atoms with Crippen molar-refractivity contribution in [3.8, 4) is 0 Å². The number of anilines is 1. The van der Waals surface area contributed by atoms with Crippen LogP contribution in [0, 0.1) is 0 Å². The highest BCUT2D eigenvalue weighted by Crippen LogP contribution is 2.28. The van der Waals surface area contributed by atoms with Crippen LogP contribution in [0.15, 0.2) is 29.2 Å². The molecular formula is C13H19NOS. The van der Waals surface area contributed by atoms with Crippen molar-refractivity contribution in [3.05, 3.63) is 24.3 Å². The standard InChI is InChI=1S/C13H19NOS/c1-2-16-13-8-4-3-7-12(13)14-11-6-5-9-15-10-11/h3-4,7-8,11,14H,2,5-6,9-10H2,1H3. The van der Waals surface area contributed by atoms with Crippen LogP contribution >= 0.6 is 11.8 Å². The van der Waals surface area contributed by atoms with Crippen LogP contribution in [0.25, 0.3) is 0 Å². The normalized spacial score (nSPS) is 20.7. The Labute approximate surface area is 102 Å². The van der Waals surface area contributed by atoms with Crippen molar-refractivity contribution in [2.24, 2.45) is 0 Å². The number of para-hydroxylation sites is 1. The van der Waals surface area contributed by atoms with Crippen molar-refractivity contribution in [1.29, 1.82) is 0 Å². The van der Waals surface area contributed by atoms with Crippen molar-refractivity contribution in [3.63, 3.8) is 0 Å². The van der Waals surface area contributed by atoms with Gasteiger partial charge in [0, 0.05) is 23.2 Å². The van der Waals surface area contributed by atoms with Gasteiger partial charge in [0.1, 0.15) is 0 Å². The maximum Gasteiger partial charge on any atom is 0.0667 e. The van der Waals surface area contributed by atoms with Crippen LogP contribution in [-0.4, -0.2) is 25.0 Å². The van der Waals surface area contributed by atoms with E-state index in [2.05, 4.69) is 36.5 Å². The Bertz CT molecular complexity index is 323. The lowest BCUT2D eigenvalue weighted by molar-refractivity contribution is 0.0875. The van der Waals surface area contributed by atoms with Crippen LogP contribution in [0.5, 0.6) is 0 Å². The Kier molecular flexibility index (Phi) is 4.55. The predicted octanol–water partition coefficient (Wildman–Crippen LogP) is 3.39. The lowest BCUT2D eigenvalue weighted by atomic mass is 10.1. The topological polar surface area (TPSA) is 21.3 Å². The zero-order valence-corrected chi connectivity index (χ0v) is 10.6. The minimum atomic E-state index is 0.479. The van der Waals surface area contributed by atoms with Gasteiger partial charge in [-0.25, -0.2) is 0 Å². The van der Waals surface area contributed by atoms with E-state index in [1.54, 1.807) is 0 Å². The highest BCUT2D eigenvalue weighted by Gasteiger charge is 2.14. The second kappa shape index (κ2) is 6.16. The van der Waals surface area contributed by atoms with Crippen LogP contribution in [0.3, 0.4) is 0 Å². The summed E-state index contributed by atoms with van der Waals surface area (Å²) in [6, 6.07) is 9.01. The highest BCUT2D eigenvalue weighted by molar-refractivity contribution is 7.99. The van der Waals surface area contributed by atoms with Crippen LogP contribution in [-0.2, 0) is 4.74 Å². The second-order valence-corrected chi connectivity index (χ2v) is 5.29. The van der Waals surface area contributed by atoms with E-state index in [0.29, 0.717) is 6.04 Å². The smallest absolute Gasteiger partial charge is 0.0667 e. The molecule has 1 N–H and O–H groups in total. The van der Waals surface area contributed by atoms with Crippen molar-refractivity contribution in [2.45, 2.75) is 30.7 Å². The van der Waals surface area contributed by atoms with E-state index in [0.717, 1.165) is 19.0 Å². The van der Waals surface area contributed by atoms with E-state index in [1.165, 1.54) is 23.4 Å². The molecule has 1 aromatic carbocycles. The Morgan fingerprint density at radius 1 is 1.44 bits per heavy atom. The molecule has 1 aliphatic rings. The first kappa shape index (κ1) is 11.8. The van der Waals surface area contributed by atoms with E-state index in [1.807, 2.05) is 11.8 Å². The van der Waals surface area contributed by atoms with Gasteiger partial charge in [0.2, 0.25) is 0 Å². The molecule has 1 unspecified atom stereocenters. The lowest BCUT2D eigenvalue weighted by Gasteiger charge is -2.25. The van der Waals surface area contributed by atoms with Crippen molar-refractivity contribution >= 4 is 17.4 Å². The van der Waals surface area contributed by atoms with Gasteiger partial charge in [0.25, 0.3) is 0 Å². The summed E-state index contributed by atoms with van der Waals surface area (Å²) in [5.74, 6) is 1.11. The summed E-state index contributed by atoms with van der Waals surface area (Å²) in [6.45, 7) is 3.94. The Hall–Kier alpha value is -0.670. The zero-order valence-electron chi connectivity index (χ0n) is 9.74. The molecule has 0 saturated carbocycles. The number of nitrogens with one attached hydrogen (secondary N) is 1. The van der Waals surface area contributed by atoms with Crippen LogP contribution < -0.4 is 5.32 Å². The highest BCUT2D eigenvalue weighted by atomic mass is 32.2. The Balaban J connectivity index is 2.01. The van der Waals surface area contributed by atoms with E-state index < -0.39 is 0 Å². The quantitative estimate of drug-likeness (QED) is 0.811. The Morgan fingerprint density at radius 2 is 2.31 bits per heavy atom. The maximum atomic E-state index is 5.48. The van der Waals surface area contributed by atoms with Gasteiger partial charge in [-0.1, -0.05) is 19.1 Å². The first-order chi connectivity index (χ1) is 7.90. The van der Waals surface area contributed by atoms with Crippen LogP contribution in [0.1, 0.15) is 19.8 Å². The number of ether oxygens (including phenoxy) is 1. The average Bonchev–Trinajstić information content (AvgIpc) is 2.33. The van der Waals surface area contributed by atoms with Gasteiger partial charge < -0.3 is 10.1 Å². The average molecular weight is 237 g/mol. The van der Waals surface area contributed by atoms with Gasteiger partial charge >= 0.3 is 0 Å². The molecule has 1 heterocycles. The molecule has 0 radical (unpaired) electrons. The molecule has 1 saturated heterocycles. The number of hydrogen-bond acceptors (Lipinski definition) is 3. The van der Waals surface area contributed by atoms with E-state index in [-0.39, 0.29) is 0 Å². The summed E-state index contributed by atoms with van der Waals surface area (Å²) in [5, 5.41) is 3.59. The lowest BCUT2D eigenvalue weighted by Crippen LogP contribution is -2.30. The van der Waals surface area contributed by atoms with Gasteiger partial charge in [-0.05, 0) is 30.7 Å². The molecule has 0 spiro atoms. The molecule has 0 aliphatic carbocycles. The molecule has 16 heavy (non-hydrogen) atoms. The molecule has 1 aromatic rings. The minimum absolute atomic E-state index is 0.479. The SMILES string of the molecule is CCSc1ccccc1NC1CCCOC1. The van der Waals surface area contributed by atoms with E-state index in [9.17, 15) is 0 Å². The number of benzene rings is 1. The largest absolute Gasteiger partial charge is 0.379 e. The summed E-state index contributed by atoms with van der Waals surface area (Å²) < 4.78 is 5.48. The first-order valence-electron chi connectivity index (χ1n) is 5.96. The van der Waals surface area contributed by atoms with Gasteiger partial charge in [-0.3, -0.25) is 0 Å². The van der Waals surface area contributed by atoms with Crippen molar-refractivity contribution < 1.29 is 4.74 Å². The predicted molar refractivity (Wildman–Crippen MR) is 70.3 cm³/mol. The summed E-state index contributed by atoms with van der Waals surface area (Å²) in [7, 11) is 0. The van der Waals surface area contributed by atoms with Crippen molar-refractivity contribution in [1.82, 2.24) is 0 Å². The molecular weight excluding hydrogens is 218 g/mol. The maximum absolute atomic E-state index is 5.48. The van der Waals surface area contributed by atoms with Gasteiger partial charge in [0.15, 0.2) is 0 Å². The third-order valence-electron chi connectivity index (χ3n) is 2.71. The summed E-state index contributed by atoms with van der Waals surface area (Å²) in [6.07, 6.45) is 2.38. The number of rotatable bonds is 4. The summed E-state index contributed by atoms with van der Waals surface area (Å²) >= 11 is 1.89. The monoisotopic (exact) mass is 237 g/mol. The summed E-state index contributed by atoms with van der Waals surface area (Å²) in [5.41, 5.74) is 1.25. The fourth-order valence-electron chi connectivity index (χ4n) is 1.94. The molecule has 0 aromatic heterocycles. The second-order valence-electron chi connectivity index (χ2n) is 3.99. The molecule has 0 amide bonds. The summed E-state index contributed by atoms with van der Waals surface area (Å²) in [4.78, 5) is 1.34. The van der Waals surface area contributed by atoms with E-state index >= 15 is 0 Å². The van der Waals surface area contributed by atoms with Crippen LogP contribution in [0.2, 0.25) is 0 Å². The fraction of sp³-hybridized carbons (Fsp3) is 0.538. The molecule has 2 rings (SSSR count). The molecule has 3 heteroatoms. The molecule has 1 aliphatic heterocycles. The van der Waals surface area contributed by atoms with Gasteiger partial charge in [0.05, 0.1) is 6.61 Å². The number of thioether (sulfide) groups is 1. The third kappa shape index (κ3) is 3.16. The van der Waals surface area contributed by atoms with Gasteiger partial charge in [-0.15, -0.1) is 11.8 Å². The van der Waals surface area contributed by atoms with Crippen LogP contribution in [0.4, 0.5) is 5.69 Å².